The highest BCUT2D eigenvalue weighted by Crippen LogP contribution is 2.30. The Morgan fingerprint density at radius 2 is 1.95 bits per heavy atom. The molecular formula is C15H22N2O3. The molecule has 2 rings (SSSR count). The van der Waals surface area contributed by atoms with E-state index in [9.17, 15) is 4.79 Å². The van der Waals surface area contributed by atoms with Crippen LogP contribution in [0.1, 0.15) is 30.9 Å². The van der Waals surface area contributed by atoms with Crippen LogP contribution in [0.25, 0.3) is 0 Å². The number of carbonyl (C=O) groups is 1. The molecule has 1 aromatic rings. The zero-order valence-corrected chi connectivity index (χ0v) is 11.8. The normalized spacial score (nSPS) is 18.7. The van der Waals surface area contributed by atoms with Gasteiger partial charge in [0.15, 0.2) is 0 Å². The Morgan fingerprint density at radius 1 is 1.35 bits per heavy atom. The number of hydrogen-bond acceptors (Lipinski definition) is 4. The van der Waals surface area contributed by atoms with Gasteiger partial charge in [0.2, 0.25) is 0 Å². The number of rotatable bonds is 6. The van der Waals surface area contributed by atoms with Crippen molar-refractivity contribution in [3.05, 3.63) is 29.8 Å². The first kappa shape index (κ1) is 14.8. The molecule has 0 aliphatic carbocycles. The minimum Gasteiger partial charge on any atom is -0.497 e. The van der Waals surface area contributed by atoms with Crippen LogP contribution in [0, 0.1) is 0 Å². The Hall–Kier alpha value is -1.59. The van der Waals surface area contributed by atoms with E-state index < -0.39 is 12.0 Å². The number of nitrogens with zero attached hydrogens (tertiary/aromatic N) is 1. The summed E-state index contributed by atoms with van der Waals surface area (Å²) in [6.45, 7) is 2.01. The van der Waals surface area contributed by atoms with Gasteiger partial charge < -0.3 is 15.6 Å². The van der Waals surface area contributed by atoms with E-state index in [1.165, 1.54) is 0 Å². The SMILES string of the molecule is COc1ccc(C(CC(N)C(=O)O)N2CCCC2)cc1. The minimum absolute atomic E-state index is 0.0644. The van der Waals surface area contributed by atoms with E-state index in [0.717, 1.165) is 37.2 Å². The Balaban J connectivity index is 2.17. The van der Waals surface area contributed by atoms with Crippen LogP contribution in [0.2, 0.25) is 0 Å². The molecule has 20 heavy (non-hydrogen) atoms. The average Bonchev–Trinajstić information content (AvgIpc) is 2.98. The van der Waals surface area contributed by atoms with Crippen LogP contribution in [-0.4, -0.2) is 42.2 Å². The molecule has 1 aliphatic rings. The molecule has 5 heteroatoms. The molecule has 1 aliphatic heterocycles. The van der Waals surface area contributed by atoms with Gasteiger partial charge in [-0.1, -0.05) is 12.1 Å². The lowest BCUT2D eigenvalue weighted by molar-refractivity contribution is -0.139. The lowest BCUT2D eigenvalue weighted by Gasteiger charge is -2.29. The summed E-state index contributed by atoms with van der Waals surface area (Å²) in [5, 5.41) is 9.04. The van der Waals surface area contributed by atoms with E-state index >= 15 is 0 Å². The third kappa shape index (κ3) is 3.49. The summed E-state index contributed by atoms with van der Waals surface area (Å²) in [7, 11) is 1.63. The fraction of sp³-hybridized carbons (Fsp3) is 0.533. The summed E-state index contributed by atoms with van der Waals surface area (Å²) in [4.78, 5) is 13.3. The van der Waals surface area contributed by atoms with Gasteiger partial charge in [0.25, 0.3) is 0 Å². The van der Waals surface area contributed by atoms with Gasteiger partial charge in [-0.2, -0.15) is 0 Å². The van der Waals surface area contributed by atoms with E-state index in [-0.39, 0.29) is 6.04 Å². The van der Waals surface area contributed by atoms with Gasteiger partial charge in [-0.15, -0.1) is 0 Å². The number of methoxy groups -OCH3 is 1. The molecule has 3 N–H and O–H groups in total. The second kappa shape index (κ2) is 6.72. The van der Waals surface area contributed by atoms with Crippen molar-refractivity contribution in [3.8, 4) is 5.75 Å². The zero-order chi connectivity index (χ0) is 14.5. The third-order valence-electron chi connectivity index (χ3n) is 3.88. The van der Waals surface area contributed by atoms with E-state index in [0.29, 0.717) is 6.42 Å². The molecule has 110 valence electrons. The van der Waals surface area contributed by atoms with Crippen LogP contribution >= 0.6 is 0 Å². The maximum atomic E-state index is 11.0. The van der Waals surface area contributed by atoms with Crippen LogP contribution in [0.5, 0.6) is 5.75 Å². The van der Waals surface area contributed by atoms with Gasteiger partial charge in [-0.05, 0) is 50.0 Å². The number of hydrogen-bond donors (Lipinski definition) is 2. The highest BCUT2D eigenvalue weighted by Gasteiger charge is 2.27. The van der Waals surface area contributed by atoms with Gasteiger partial charge >= 0.3 is 5.97 Å². The first-order chi connectivity index (χ1) is 9.61. The quantitative estimate of drug-likeness (QED) is 0.827. The Bertz CT molecular complexity index is 441. The fourth-order valence-electron chi connectivity index (χ4n) is 2.72. The highest BCUT2D eigenvalue weighted by atomic mass is 16.5. The van der Waals surface area contributed by atoms with Crippen molar-refractivity contribution in [1.29, 1.82) is 0 Å². The van der Waals surface area contributed by atoms with Crippen molar-refractivity contribution in [2.75, 3.05) is 20.2 Å². The monoisotopic (exact) mass is 278 g/mol. The molecule has 0 spiro atoms. The summed E-state index contributed by atoms with van der Waals surface area (Å²) in [6.07, 6.45) is 2.76. The third-order valence-corrected chi connectivity index (χ3v) is 3.88. The van der Waals surface area contributed by atoms with Crippen LogP contribution in [0.3, 0.4) is 0 Å². The van der Waals surface area contributed by atoms with Crippen molar-refractivity contribution in [1.82, 2.24) is 4.90 Å². The molecule has 1 fully saturated rings. The topological polar surface area (TPSA) is 75.8 Å². The van der Waals surface area contributed by atoms with Crippen molar-refractivity contribution >= 4 is 5.97 Å². The number of carboxylic acid groups (broad SMARTS) is 1. The average molecular weight is 278 g/mol. The lowest BCUT2D eigenvalue weighted by atomic mass is 9.98. The van der Waals surface area contributed by atoms with E-state index in [4.69, 9.17) is 15.6 Å². The summed E-state index contributed by atoms with van der Waals surface area (Å²) in [6, 6.07) is 7.04. The number of carboxylic acids is 1. The predicted octanol–water partition coefficient (Wildman–Crippen LogP) is 1.63. The van der Waals surface area contributed by atoms with Gasteiger partial charge in [0.05, 0.1) is 7.11 Å². The largest absolute Gasteiger partial charge is 0.497 e. The van der Waals surface area contributed by atoms with Gasteiger partial charge in [0, 0.05) is 6.04 Å². The molecule has 2 unspecified atom stereocenters. The number of ether oxygens (including phenoxy) is 1. The second-order valence-corrected chi connectivity index (χ2v) is 5.21. The molecule has 0 radical (unpaired) electrons. The summed E-state index contributed by atoms with van der Waals surface area (Å²) in [5.41, 5.74) is 6.83. The molecule has 1 heterocycles. The fourth-order valence-corrected chi connectivity index (χ4v) is 2.72. The summed E-state index contributed by atoms with van der Waals surface area (Å²) in [5.74, 6) is -0.140. The van der Waals surface area contributed by atoms with Crippen molar-refractivity contribution < 1.29 is 14.6 Å². The molecule has 0 aromatic heterocycles. The Kier molecular flexibility index (Phi) is 4.98. The number of benzene rings is 1. The van der Waals surface area contributed by atoms with Crippen molar-refractivity contribution in [2.45, 2.75) is 31.3 Å². The molecular weight excluding hydrogens is 256 g/mol. The molecule has 0 bridgehead atoms. The first-order valence-corrected chi connectivity index (χ1v) is 6.98. The van der Waals surface area contributed by atoms with Crippen LogP contribution < -0.4 is 10.5 Å². The first-order valence-electron chi connectivity index (χ1n) is 6.98. The molecule has 1 saturated heterocycles. The van der Waals surface area contributed by atoms with Crippen molar-refractivity contribution in [3.63, 3.8) is 0 Å². The van der Waals surface area contributed by atoms with Gasteiger partial charge in [-0.25, -0.2) is 0 Å². The van der Waals surface area contributed by atoms with E-state index in [1.807, 2.05) is 24.3 Å². The lowest BCUT2D eigenvalue weighted by Crippen LogP contribution is -2.36. The zero-order valence-electron chi connectivity index (χ0n) is 11.8. The van der Waals surface area contributed by atoms with E-state index in [2.05, 4.69) is 4.90 Å². The molecule has 0 saturated carbocycles. The molecule has 1 aromatic carbocycles. The Morgan fingerprint density at radius 3 is 2.45 bits per heavy atom. The number of likely N-dealkylation sites (tertiary alicyclic amines) is 1. The van der Waals surface area contributed by atoms with Gasteiger partial charge in [0.1, 0.15) is 11.8 Å². The molecule has 0 amide bonds. The standard InChI is InChI=1S/C15H22N2O3/c1-20-12-6-4-11(5-7-12)14(10-13(16)15(18)19)17-8-2-3-9-17/h4-7,13-14H,2-3,8-10,16H2,1H3,(H,18,19). The highest BCUT2D eigenvalue weighted by molar-refractivity contribution is 5.73. The Labute approximate surface area is 119 Å². The number of nitrogens with two attached hydrogens (primary N) is 1. The summed E-state index contributed by atoms with van der Waals surface area (Å²) < 4.78 is 5.16. The summed E-state index contributed by atoms with van der Waals surface area (Å²) >= 11 is 0. The van der Waals surface area contributed by atoms with E-state index in [1.54, 1.807) is 7.11 Å². The molecule has 5 nitrogen and oxygen atoms in total. The van der Waals surface area contributed by atoms with Gasteiger partial charge in [-0.3, -0.25) is 9.69 Å². The van der Waals surface area contributed by atoms with Crippen LogP contribution in [0.15, 0.2) is 24.3 Å². The predicted molar refractivity (Wildman–Crippen MR) is 76.8 cm³/mol. The minimum atomic E-state index is -0.942. The maximum absolute atomic E-state index is 11.0. The maximum Gasteiger partial charge on any atom is 0.320 e. The smallest absolute Gasteiger partial charge is 0.320 e. The van der Waals surface area contributed by atoms with Crippen molar-refractivity contribution in [2.24, 2.45) is 5.73 Å². The van der Waals surface area contributed by atoms with Crippen LogP contribution in [0.4, 0.5) is 0 Å². The van der Waals surface area contributed by atoms with Crippen LogP contribution in [-0.2, 0) is 4.79 Å². The molecule has 2 atom stereocenters. The second-order valence-electron chi connectivity index (χ2n) is 5.21. The number of aliphatic carboxylic acids is 1.